The molecule has 0 aliphatic rings. The van der Waals surface area contributed by atoms with Gasteiger partial charge in [-0.25, -0.2) is 0 Å². The fraction of sp³-hybridized carbons (Fsp3) is 0.0667. The number of carbonyl (C=O) groups excluding carboxylic acids is 1. The van der Waals surface area contributed by atoms with Crippen molar-refractivity contribution in [3.63, 3.8) is 0 Å². The van der Waals surface area contributed by atoms with E-state index in [1.807, 2.05) is 0 Å². The fourth-order valence-corrected chi connectivity index (χ4v) is 2.06. The van der Waals surface area contributed by atoms with Crippen LogP contribution in [0.1, 0.15) is 10.4 Å². The van der Waals surface area contributed by atoms with Crippen molar-refractivity contribution in [3.05, 3.63) is 58.1 Å². The fourth-order valence-electron chi connectivity index (χ4n) is 1.71. The van der Waals surface area contributed by atoms with Crippen molar-refractivity contribution >= 4 is 46.5 Å². The second kappa shape index (κ2) is 7.15. The monoisotopic (exact) mass is 338 g/mol. The Morgan fingerprint density at radius 3 is 2.36 bits per heavy atom. The Labute approximate surface area is 136 Å². The summed E-state index contributed by atoms with van der Waals surface area (Å²) in [6.07, 6.45) is 0. The molecule has 2 aromatic carbocycles. The molecule has 0 aliphatic carbocycles. The lowest BCUT2D eigenvalue weighted by Crippen LogP contribution is -2.14. The molecule has 0 saturated carbocycles. The lowest BCUT2D eigenvalue weighted by molar-refractivity contribution is -0.134. The number of hydrogen-bond donors (Lipinski definition) is 3. The van der Waals surface area contributed by atoms with Crippen LogP contribution in [-0.4, -0.2) is 23.5 Å². The highest BCUT2D eigenvalue weighted by Crippen LogP contribution is 2.29. The molecule has 0 atom stereocenters. The van der Waals surface area contributed by atoms with E-state index in [2.05, 4.69) is 10.6 Å². The average molecular weight is 339 g/mol. The molecule has 0 radical (unpaired) electrons. The minimum Gasteiger partial charge on any atom is -0.480 e. The predicted molar refractivity (Wildman–Crippen MR) is 87.0 cm³/mol. The molecule has 5 nitrogen and oxygen atoms in total. The summed E-state index contributed by atoms with van der Waals surface area (Å²) in [6, 6.07) is 11.4. The zero-order chi connectivity index (χ0) is 16.1. The normalized spacial score (nSPS) is 10.1. The van der Waals surface area contributed by atoms with Gasteiger partial charge in [0.1, 0.15) is 6.54 Å². The van der Waals surface area contributed by atoms with Gasteiger partial charge in [-0.1, -0.05) is 29.3 Å². The number of hydrogen-bond acceptors (Lipinski definition) is 3. The van der Waals surface area contributed by atoms with Crippen molar-refractivity contribution in [2.75, 3.05) is 17.2 Å². The van der Waals surface area contributed by atoms with Gasteiger partial charge in [0.2, 0.25) is 0 Å². The lowest BCUT2D eigenvalue weighted by Gasteiger charge is -2.09. The third-order valence-electron chi connectivity index (χ3n) is 2.79. The maximum atomic E-state index is 12.1. The van der Waals surface area contributed by atoms with Gasteiger partial charge in [0, 0.05) is 11.3 Å². The van der Waals surface area contributed by atoms with Crippen LogP contribution in [0.15, 0.2) is 42.5 Å². The van der Waals surface area contributed by atoms with Crippen LogP contribution in [0.4, 0.5) is 11.4 Å². The van der Waals surface area contributed by atoms with E-state index in [4.69, 9.17) is 28.3 Å². The van der Waals surface area contributed by atoms with E-state index >= 15 is 0 Å². The van der Waals surface area contributed by atoms with Crippen LogP contribution in [-0.2, 0) is 4.79 Å². The first-order valence-electron chi connectivity index (χ1n) is 6.28. The number of amides is 1. The first kappa shape index (κ1) is 16.1. The van der Waals surface area contributed by atoms with Gasteiger partial charge in [0.25, 0.3) is 5.91 Å². The van der Waals surface area contributed by atoms with Gasteiger partial charge in [-0.05, 0) is 36.4 Å². The number of carboxylic acids is 1. The minimum atomic E-state index is -0.961. The summed E-state index contributed by atoms with van der Waals surface area (Å²) in [5.74, 6) is -1.30. The first-order chi connectivity index (χ1) is 10.5. The van der Waals surface area contributed by atoms with E-state index in [-0.39, 0.29) is 17.5 Å². The zero-order valence-electron chi connectivity index (χ0n) is 11.3. The summed E-state index contributed by atoms with van der Waals surface area (Å²) in [5, 5.41) is 14.6. The highest BCUT2D eigenvalue weighted by atomic mass is 35.5. The summed E-state index contributed by atoms with van der Waals surface area (Å²) in [6.45, 7) is -0.191. The van der Waals surface area contributed by atoms with Gasteiger partial charge < -0.3 is 15.7 Å². The molecule has 0 saturated heterocycles. The third kappa shape index (κ3) is 4.13. The maximum Gasteiger partial charge on any atom is 0.322 e. The first-order valence-corrected chi connectivity index (χ1v) is 7.04. The topological polar surface area (TPSA) is 78.4 Å². The van der Waals surface area contributed by atoms with Crippen molar-refractivity contribution in [1.29, 1.82) is 0 Å². The molecule has 0 unspecified atom stereocenters. The van der Waals surface area contributed by atoms with Gasteiger partial charge in [-0.15, -0.1) is 0 Å². The Bertz CT molecular complexity index is 702. The minimum absolute atomic E-state index is 0.191. The summed E-state index contributed by atoms with van der Waals surface area (Å²) in [7, 11) is 0. The van der Waals surface area contributed by atoms with E-state index in [1.54, 1.807) is 42.5 Å². The number of anilines is 2. The van der Waals surface area contributed by atoms with Gasteiger partial charge in [0.05, 0.1) is 15.7 Å². The Balaban J connectivity index is 2.06. The molecular weight excluding hydrogens is 327 g/mol. The standard InChI is InChI=1S/C15H12Cl2N2O3/c16-11-2-1-3-12(14(11)17)19-15(22)9-4-6-10(7-5-9)18-8-13(20)21/h1-7,18H,8H2,(H,19,22)(H,20,21). The molecular formula is C15H12Cl2N2O3. The molecule has 2 rings (SSSR count). The smallest absolute Gasteiger partial charge is 0.322 e. The molecule has 114 valence electrons. The third-order valence-corrected chi connectivity index (χ3v) is 3.61. The number of carbonyl (C=O) groups is 2. The van der Waals surface area contributed by atoms with Gasteiger partial charge in [-0.2, -0.15) is 0 Å². The largest absolute Gasteiger partial charge is 0.480 e. The molecule has 1 amide bonds. The quantitative estimate of drug-likeness (QED) is 0.775. The van der Waals surface area contributed by atoms with Gasteiger partial charge in [0.15, 0.2) is 0 Å². The molecule has 22 heavy (non-hydrogen) atoms. The molecule has 0 spiro atoms. The Hall–Kier alpha value is -2.24. The number of nitrogens with one attached hydrogen (secondary N) is 2. The van der Waals surface area contributed by atoms with Crippen molar-refractivity contribution in [1.82, 2.24) is 0 Å². The van der Waals surface area contributed by atoms with Gasteiger partial charge >= 0.3 is 5.97 Å². The van der Waals surface area contributed by atoms with Crippen LogP contribution in [0.3, 0.4) is 0 Å². The highest BCUT2D eigenvalue weighted by molar-refractivity contribution is 6.44. The zero-order valence-corrected chi connectivity index (χ0v) is 12.8. The Morgan fingerprint density at radius 1 is 1.05 bits per heavy atom. The number of benzene rings is 2. The SMILES string of the molecule is O=C(O)CNc1ccc(C(=O)Nc2cccc(Cl)c2Cl)cc1. The van der Waals surface area contributed by atoms with E-state index < -0.39 is 5.97 Å². The van der Waals surface area contributed by atoms with Crippen LogP contribution in [0, 0.1) is 0 Å². The number of carboxylic acid groups (broad SMARTS) is 1. The predicted octanol–water partition coefficient (Wildman–Crippen LogP) is 3.74. The molecule has 7 heteroatoms. The van der Waals surface area contributed by atoms with E-state index in [0.717, 1.165) is 0 Å². The number of rotatable bonds is 5. The van der Waals surface area contributed by atoms with Crippen LogP contribution < -0.4 is 10.6 Å². The molecule has 0 aliphatic heterocycles. The summed E-state index contributed by atoms with van der Waals surface area (Å²) in [5.41, 5.74) is 1.45. The van der Waals surface area contributed by atoms with E-state index in [9.17, 15) is 9.59 Å². The van der Waals surface area contributed by atoms with Crippen LogP contribution >= 0.6 is 23.2 Å². The van der Waals surface area contributed by atoms with Crippen molar-refractivity contribution in [2.24, 2.45) is 0 Å². The van der Waals surface area contributed by atoms with Crippen molar-refractivity contribution in [3.8, 4) is 0 Å². The lowest BCUT2D eigenvalue weighted by atomic mass is 10.2. The maximum absolute atomic E-state index is 12.1. The molecule has 0 heterocycles. The highest BCUT2D eigenvalue weighted by Gasteiger charge is 2.10. The number of aliphatic carboxylic acids is 1. The van der Waals surface area contributed by atoms with Gasteiger partial charge in [-0.3, -0.25) is 9.59 Å². The molecule has 0 bridgehead atoms. The molecule has 3 N–H and O–H groups in total. The van der Waals surface area contributed by atoms with E-state index in [1.165, 1.54) is 0 Å². The van der Waals surface area contributed by atoms with Crippen LogP contribution in [0.25, 0.3) is 0 Å². The van der Waals surface area contributed by atoms with Crippen LogP contribution in [0.2, 0.25) is 10.0 Å². The average Bonchev–Trinajstić information content (AvgIpc) is 2.50. The summed E-state index contributed by atoms with van der Waals surface area (Å²) >= 11 is 11.9. The number of halogens is 2. The second-order valence-electron chi connectivity index (χ2n) is 4.38. The molecule has 2 aromatic rings. The molecule has 0 aromatic heterocycles. The summed E-state index contributed by atoms with van der Waals surface area (Å²) < 4.78 is 0. The summed E-state index contributed by atoms with van der Waals surface area (Å²) in [4.78, 5) is 22.6. The Kier molecular flexibility index (Phi) is 5.25. The van der Waals surface area contributed by atoms with Crippen molar-refractivity contribution in [2.45, 2.75) is 0 Å². The molecule has 0 fully saturated rings. The second-order valence-corrected chi connectivity index (χ2v) is 5.17. The Morgan fingerprint density at radius 2 is 1.73 bits per heavy atom. The van der Waals surface area contributed by atoms with Crippen LogP contribution in [0.5, 0.6) is 0 Å². The van der Waals surface area contributed by atoms with E-state index in [0.29, 0.717) is 22.0 Å². The van der Waals surface area contributed by atoms with Crippen molar-refractivity contribution < 1.29 is 14.7 Å².